The van der Waals surface area contributed by atoms with Crippen LogP contribution in [-0.4, -0.2) is 10.1 Å². The number of hydrogen-bond donors (Lipinski definition) is 1. The minimum Gasteiger partial charge on any atom is -0.381 e. The maximum Gasteiger partial charge on any atom is 0.113 e. The number of benzene rings is 1. The molecule has 3 heteroatoms. The van der Waals surface area contributed by atoms with E-state index in [1.807, 2.05) is 36.4 Å². The zero-order chi connectivity index (χ0) is 11.6. The van der Waals surface area contributed by atoms with Crippen molar-refractivity contribution in [2.45, 2.75) is 12.5 Å². The lowest BCUT2D eigenvalue weighted by atomic mass is 9.89. The van der Waals surface area contributed by atoms with Crippen molar-refractivity contribution in [3.8, 4) is 0 Å². The molecule has 16 heavy (non-hydrogen) atoms. The first-order chi connectivity index (χ1) is 7.60. The van der Waals surface area contributed by atoms with E-state index in [0.29, 0.717) is 0 Å². The molecule has 0 bridgehead atoms. The summed E-state index contributed by atoms with van der Waals surface area (Å²) in [5.41, 5.74) is 0.635. The van der Waals surface area contributed by atoms with E-state index in [1.165, 1.54) is 0 Å². The number of aromatic nitrogens is 1. The van der Waals surface area contributed by atoms with E-state index < -0.39 is 5.60 Å². The minimum absolute atomic E-state index is 0.789. The molecule has 0 amide bonds. The van der Waals surface area contributed by atoms with Crippen LogP contribution in [0.25, 0.3) is 0 Å². The van der Waals surface area contributed by atoms with Gasteiger partial charge >= 0.3 is 0 Å². The number of pyridine rings is 1. The van der Waals surface area contributed by atoms with Crippen LogP contribution in [0.3, 0.4) is 0 Å². The Morgan fingerprint density at radius 1 is 1.12 bits per heavy atom. The molecule has 2 rings (SSSR count). The summed E-state index contributed by atoms with van der Waals surface area (Å²) in [6, 6.07) is 11.3. The minimum atomic E-state index is -1.00. The Hall–Kier alpha value is -1.19. The fourth-order valence-corrected chi connectivity index (χ4v) is 1.86. The van der Waals surface area contributed by atoms with Gasteiger partial charge in [-0.05, 0) is 30.7 Å². The van der Waals surface area contributed by atoms with E-state index in [9.17, 15) is 5.11 Å². The molecule has 0 saturated heterocycles. The molecule has 2 aromatic rings. The zero-order valence-electron chi connectivity index (χ0n) is 8.89. The summed E-state index contributed by atoms with van der Waals surface area (Å²) >= 11 is 3.37. The highest BCUT2D eigenvalue weighted by atomic mass is 79.9. The largest absolute Gasteiger partial charge is 0.381 e. The molecule has 0 aliphatic rings. The Bertz CT molecular complexity index is 465. The Balaban J connectivity index is 2.43. The third kappa shape index (κ3) is 2.15. The third-order valence-corrected chi connectivity index (χ3v) is 3.16. The number of hydrogen-bond acceptors (Lipinski definition) is 2. The van der Waals surface area contributed by atoms with E-state index in [0.717, 1.165) is 15.6 Å². The van der Waals surface area contributed by atoms with Gasteiger partial charge in [0, 0.05) is 22.4 Å². The van der Waals surface area contributed by atoms with Gasteiger partial charge < -0.3 is 5.11 Å². The summed E-state index contributed by atoms with van der Waals surface area (Å²) in [5, 5.41) is 10.5. The standard InChI is InChI=1S/C13H12BrNO/c1-13(16,11-3-2-8-15-9-11)10-4-6-12(14)7-5-10/h2-9,16H,1H3. The second kappa shape index (κ2) is 4.36. The van der Waals surface area contributed by atoms with Gasteiger partial charge in [-0.2, -0.15) is 0 Å². The first-order valence-electron chi connectivity index (χ1n) is 4.99. The van der Waals surface area contributed by atoms with Crippen molar-refractivity contribution in [3.05, 3.63) is 64.4 Å². The first-order valence-corrected chi connectivity index (χ1v) is 5.79. The lowest BCUT2D eigenvalue weighted by Gasteiger charge is -2.24. The second-order valence-electron chi connectivity index (χ2n) is 3.82. The van der Waals surface area contributed by atoms with Gasteiger partial charge in [0.15, 0.2) is 0 Å². The van der Waals surface area contributed by atoms with E-state index in [1.54, 1.807) is 19.3 Å². The molecule has 1 N–H and O–H groups in total. The van der Waals surface area contributed by atoms with Crippen LogP contribution < -0.4 is 0 Å². The molecular weight excluding hydrogens is 266 g/mol. The van der Waals surface area contributed by atoms with E-state index in [2.05, 4.69) is 20.9 Å². The van der Waals surface area contributed by atoms with Gasteiger partial charge in [-0.1, -0.05) is 34.1 Å². The van der Waals surface area contributed by atoms with Crippen LogP contribution in [-0.2, 0) is 5.60 Å². The average Bonchev–Trinajstić information content (AvgIpc) is 2.31. The Labute approximate surface area is 103 Å². The van der Waals surface area contributed by atoms with Crippen molar-refractivity contribution in [2.75, 3.05) is 0 Å². The van der Waals surface area contributed by atoms with Crippen LogP contribution in [0.5, 0.6) is 0 Å². The molecule has 0 radical (unpaired) electrons. The SMILES string of the molecule is CC(O)(c1ccc(Br)cc1)c1cccnc1. The molecule has 0 aliphatic carbocycles. The van der Waals surface area contributed by atoms with Gasteiger partial charge in [-0.3, -0.25) is 4.98 Å². The van der Waals surface area contributed by atoms with Gasteiger partial charge in [0.1, 0.15) is 5.60 Å². The average molecular weight is 278 g/mol. The normalized spacial score (nSPS) is 14.4. The topological polar surface area (TPSA) is 33.1 Å². The van der Waals surface area contributed by atoms with Crippen LogP contribution in [0.1, 0.15) is 18.1 Å². The highest BCUT2D eigenvalue weighted by Crippen LogP contribution is 2.29. The summed E-state index contributed by atoms with van der Waals surface area (Å²) in [6.45, 7) is 1.77. The monoisotopic (exact) mass is 277 g/mol. The maximum absolute atomic E-state index is 10.5. The molecule has 0 saturated carbocycles. The van der Waals surface area contributed by atoms with Crippen LogP contribution in [0.15, 0.2) is 53.3 Å². The van der Waals surface area contributed by atoms with Gasteiger partial charge in [0.05, 0.1) is 0 Å². The van der Waals surface area contributed by atoms with Gasteiger partial charge in [-0.25, -0.2) is 0 Å². The van der Waals surface area contributed by atoms with Crippen molar-refractivity contribution in [3.63, 3.8) is 0 Å². The van der Waals surface area contributed by atoms with Crippen molar-refractivity contribution in [1.29, 1.82) is 0 Å². The molecule has 0 aliphatic heterocycles. The van der Waals surface area contributed by atoms with Crippen molar-refractivity contribution < 1.29 is 5.11 Å². The molecule has 0 fully saturated rings. The number of aliphatic hydroxyl groups is 1. The van der Waals surface area contributed by atoms with Crippen molar-refractivity contribution in [1.82, 2.24) is 4.98 Å². The summed E-state index contributed by atoms with van der Waals surface area (Å²) in [7, 11) is 0. The fourth-order valence-electron chi connectivity index (χ4n) is 1.59. The summed E-state index contributed by atoms with van der Waals surface area (Å²) in [5.74, 6) is 0. The summed E-state index contributed by atoms with van der Waals surface area (Å²) < 4.78 is 0.998. The third-order valence-electron chi connectivity index (χ3n) is 2.63. The lowest BCUT2D eigenvalue weighted by Crippen LogP contribution is -2.22. The van der Waals surface area contributed by atoms with Crippen LogP contribution in [0.4, 0.5) is 0 Å². The van der Waals surface area contributed by atoms with Crippen LogP contribution in [0, 0.1) is 0 Å². The predicted molar refractivity (Wildman–Crippen MR) is 67.1 cm³/mol. The zero-order valence-corrected chi connectivity index (χ0v) is 10.5. The predicted octanol–water partition coefficient (Wildman–Crippen LogP) is 3.10. The van der Waals surface area contributed by atoms with E-state index >= 15 is 0 Å². The van der Waals surface area contributed by atoms with Gasteiger partial charge in [-0.15, -0.1) is 0 Å². The molecule has 82 valence electrons. The highest BCUT2D eigenvalue weighted by molar-refractivity contribution is 9.10. The van der Waals surface area contributed by atoms with Gasteiger partial charge in [0.25, 0.3) is 0 Å². The van der Waals surface area contributed by atoms with Crippen molar-refractivity contribution in [2.24, 2.45) is 0 Å². The maximum atomic E-state index is 10.5. The lowest BCUT2D eigenvalue weighted by molar-refractivity contribution is 0.102. The molecule has 1 unspecified atom stereocenters. The molecule has 1 aromatic carbocycles. The van der Waals surface area contributed by atoms with Gasteiger partial charge in [0.2, 0.25) is 0 Å². The number of rotatable bonds is 2. The summed E-state index contributed by atoms with van der Waals surface area (Å²) in [4.78, 5) is 4.02. The van der Waals surface area contributed by atoms with E-state index in [4.69, 9.17) is 0 Å². The molecule has 2 nitrogen and oxygen atoms in total. The van der Waals surface area contributed by atoms with Crippen molar-refractivity contribution >= 4 is 15.9 Å². The molecule has 1 heterocycles. The van der Waals surface area contributed by atoms with E-state index in [-0.39, 0.29) is 0 Å². The fraction of sp³-hybridized carbons (Fsp3) is 0.154. The Morgan fingerprint density at radius 3 is 2.38 bits per heavy atom. The number of nitrogens with zero attached hydrogens (tertiary/aromatic N) is 1. The first kappa shape index (κ1) is 11.3. The number of halogens is 1. The highest BCUT2D eigenvalue weighted by Gasteiger charge is 2.25. The molecule has 0 spiro atoms. The summed E-state index contributed by atoms with van der Waals surface area (Å²) in [6.07, 6.45) is 3.38. The molecule has 1 atom stereocenters. The Morgan fingerprint density at radius 2 is 1.81 bits per heavy atom. The second-order valence-corrected chi connectivity index (χ2v) is 4.74. The smallest absolute Gasteiger partial charge is 0.113 e. The van der Waals surface area contributed by atoms with Crippen LogP contribution >= 0.6 is 15.9 Å². The molecular formula is C13H12BrNO. The quantitative estimate of drug-likeness (QED) is 0.915. The Kier molecular flexibility index (Phi) is 3.08. The van der Waals surface area contributed by atoms with Crippen LogP contribution in [0.2, 0.25) is 0 Å². The molecule has 1 aromatic heterocycles.